The number of hydrogen-bond donors (Lipinski definition) is 1. The van der Waals surface area contributed by atoms with Crippen LogP contribution in [0.5, 0.6) is 0 Å². The number of ketones is 1. The summed E-state index contributed by atoms with van der Waals surface area (Å²) in [5.41, 5.74) is 6.12. The highest BCUT2D eigenvalue weighted by atomic mass is 16.1. The number of benzene rings is 1. The SMILES string of the molecule is NC(=O)C1CCCN1CCCC(=O)c1ccccc1. The number of nitrogens with two attached hydrogens (primary N) is 1. The first-order valence-electron chi connectivity index (χ1n) is 6.80. The van der Waals surface area contributed by atoms with E-state index >= 15 is 0 Å². The summed E-state index contributed by atoms with van der Waals surface area (Å²) < 4.78 is 0. The molecule has 1 amide bonds. The molecule has 1 aromatic carbocycles. The number of hydrogen-bond acceptors (Lipinski definition) is 3. The fourth-order valence-electron chi connectivity index (χ4n) is 2.63. The lowest BCUT2D eigenvalue weighted by Gasteiger charge is -2.21. The van der Waals surface area contributed by atoms with Crippen molar-refractivity contribution in [2.24, 2.45) is 5.73 Å². The minimum absolute atomic E-state index is 0.133. The van der Waals surface area contributed by atoms with Crippen molar-refractivity contribution in [3.8, 4) is 0 Å². The molecule has 1 heterocycles. The Kier molecular flexibility index (Phi) is 4.68. The first kappa shape index (κ1) is 13.7. The van der Waals surface area contributed by atoms with E-state index in [2.05, 4.69) is 4.90 Å². The lowest BCUT2D eigenvalue weighted by atomic mass is 10.1. The van der Waals surface area contributed by atoms with Crippen LogP contribution in [0.15, 0.2) is 30.3 Å². The van der Waals surface area contributed by atoms with Crippen molar-refractivity contribution < 1.29 is 9.59 Å². The van der Waals surface area contributed by atoms with Crippen LogP contribution in [-0.4, -0.2) is 35.7 Å². The largest absolute Gasteiger partial charge is 0.368 e. The zero-order valence-electron chi connectivity index (χ0n) is 11.0. The van der Waals surface area contributed by atoms with Crippen LogP contribution in [0.1, 0.15) is 36.0 Å². The summed E-state index contributed by atoms with van der Waals surface area (Å²) in [5, 5.41) is 0. The Labute approximate surface area is 113 Å². The third-order valence-electron chi connectivity index (χ3n) is 3.64. The molecule has 102 valence electrons. The molecule has 1 fully saturated rings. The van der Waals surface area contributed by atoms with Gasteiger partial charge in [0.25, 0.3) is 0 Å². The van der Waals surface area contributed by atoms with Crippen LogP contribution in [0.3, 0.4) is 0 Å². The van der Waals surface area contributed by atoms with Gasteiger partial charge in [-0.1, -0.05) is 30.3 Å². The van der Waals surface area contributed by atoms with Gasteiger partial charge < -0.3 is 5.73 Å². The molecule has 0 bridgehead atoms. The number of likely N-dealkylation sites (tertiary alicyclic amines) is 1. The van der Waals surface area contributed by atoms with Crippen LogP contribution >= 0.6 is 0 Å². The molecule has 2 N–H and O–H groups in total. The standard InChI is InChI=1S/C15H20N2O2/c16-15(19)13-8-4-10-17(13)11-5-9-14(18)12-6-2-1-3-7-12/h1-3,6-7,13H,4-5,8-11H2,(H2,16,19). The van der Waals surface area contributed by atoms with Gasteiger partial charge in [-0.05, 0) is 32.4 Å². The van der Waals surface area contributed by atoms with Gasteiger partial charge in [-0.2, -0.15) is 0 Å². The highest BCUT2D eigenvalue weighted by molar-refractivity contribution is 5.95. The number of primary amides is 1. The number of amides is 1. The van der Waals surface area contributed by atoms with Crippen molar-refractivity contribution in [3.63, 3.8) is 0 Å². The predicted molar refractivity (Wildman–Crippen MR) is 73.8 cm³/mol. The Hall–Kier alpha value is -1.68. The molecule has 0 aliphatic carbocycles. The van der Waals surface area contributed by atoms with E-state index in [1.807, 2.05) is 30.3 Å². The molecule has 4 heteroatoms. The molecule has 1 atom stereocenters. The minimum Gasteiger partial charge on any atom is -0.368 e. The molecule has 4 nitrogen and oxygen atoms in total. The Bertz CT molecular complexity index is 445. The summed E-state index contributed by atoms with van der Waals surface area (Å²) in [4.78, 5) is 25.3. The van der Waals surface area contributed by atoms with Crippen LogP contribution in [0.25, 0.3) is 0 Å². The molecule has 0 aromatic heterocycles. The highest BCUT2D eigenvalue weighted by Gasteiger charge is 2.28. The fourth-order valence-corrected chi connectivity index (χ4v) is 2.63. The van der Waals surface area contributed by atoms with Gasteiger partial charge in [-0.3, -0.25) is 14.5 Å². The number of rotatable bonds is 6. The Morgan fingerprint density at radius 3 is 2.68 bits per heavy atom. The second kappa shape index (κ2) is 6.48. The first-order valence-corrected chi connectivity index (χ1v) is 6.80. The zero-order chi connectivity index (χ0) is 13.7. The Morgan fingerprint density at radius 2 is 2.00 bits per heavy atom. The van der Waals surface area contributed by atoms with Gasteiger partial charge >= 0.3 is 0 Å². The quantitative estimate of drug-likeness (QED) is 0.790. The number of carbonyl (C=O) groups is 2. The van der Waals surface area contributed by atoms with E-state index in [9.17, 15) is 9.59 Å². The van der Waals surface area contributed by atoms with Gasteiger partial charge in [-0.15, -0.1) is 0 Å². The fraction of sp³-hybridized carbons (Fsp3) is 0.467. The Morgan fingerprint density at radius 1 is 1.26 bits per heavy atom. The zero-order valence-corrected chi connectivity index (χ0v) is 11.0. The lowest BCUT2D eigenvalue weighted by Crippen LogP contribution is -2.40. The molecular weight excluding hydrogens is 240 g/mol. The van der Waals surface area contributed by atoms with Crippen molar-refractivity contribution in [1.29, 1.82) is 0 Å². The molecule has 0 spiro atoms. The van der Waals surface area contributed by atoms with Gasteiger partial charge in [0.05, 0.1) is 6.04 Å². The summed E-state index contributed by atoms with van der Waals surface area (Å²) >= 11 is 0. The maximum atomic E-state index is 11.9. The normalized spacial score (nSPS) is 19.5. The lowest BCUT2D eigenvalue weighted by molar-refractivity contribution is -0.122. The molecule has 2 rings (SSSR count). The van der Waals surface area contributed by atoms with Crippen LogP contribution < -0.4 is 5.73 Å². The van der Waals surface area contributed by atoms with E-state index in [1.165, 1.54) is 0 Å². The maximum Gasteiger partial charge on any atom is 0.234 e. The first-order chi connectivity index (χ1) is 9.18. The molecule has 1 unspecified atom stereocenters. The Balaban J connectivity index is 1.78. The van der Waals surface area contributed by atoms with Crippen molar-refractivity contribution >= 4 is 11.7 Å². The molecule has 19 heavy (non-hydrogen) atoms. The second-order valence-electron chi connectivity index (χ2n) is 4.99. The van der Waals surface area contributed by atoms with Crippen LogP contribution in [0.4, 0.5) is 0 Å². The summed E-state index contributed by atoms with van der Waals surface area (Å²) in [5.74, 6) is -0.0812. The van der Waals surface area contributed by atoms with Gasteiger partial charge in [0.15, 0.2) is 5.78 Å². The van der Waals surface area contributed by atoms with E-state index in [0.29, 0.717) is 6.42 Å². The van der Waals surface area contributed by atoms with E-state index in [0.717, 1.165) is 37.9 Å². The predicted octanol–water partition coefficient (Wildman–Crippen LogP) is 1.60. The van der Waals surface area contributed by atoms with Crippen LogP contribution in [0.2, 0.25) is 0 Å². The number of carbonyl (C=O) groups excluding carboxylic acids is 2. The average Bonchev–Trinajstić information content (AvgIpc) is 2.88. The molecule has 1 aromatic rings. The van der Waals surface area contributed by atoms with Gasteiger partial charge in [0.2, 0.25) is 5.91 Å². The van der Waals surface area contributed by atoms with E-state index in [4.69, 9.17) is 5.73 Å². The topological polar surface area (TPSA) is 63.4 Å². The second-order valence-corrected chi connectivity index (χ2v) is 4.99. The number of Topliss-reactive ketones (excluding diaryl/α,β-unsaturated/α-hetero) is 1. The van der Waals surface area contributed by atoms with Gasteiger partial charge in [0, 0.05) is 12.0 Å². The smallest absolute Gasteiger partial charge is 0.234 e. The van der Waals surface area contributed by atoms with E-state index < -0.39 is 0 Å². The molecule has 0 radical (unpaired) electrons. The third kappa shape index (κ3) is 3.64. The van der Waals surface area contributed by atoms with Gasteiger partial charge in [0.1, 0.15) is 0 Å². The summed E-state index contributed by atoms with van der Waals surface area (Å²) in [7, 11) is 0. The number of nitrogens with zero attached hydrogens (tertiary/aromatic N) is 1. The monoisotopic (exact) mass is 260 g/mol. The van der Waals surface area contributed by atoms with Crippen molar-refractivity contribution in [2.45, 2.75) is 31.7 Å². The molecular formula is C15H20N2O2. The summed E-state index contributed by atoms with van der Waals surface area (Å²) in [6.45, 7) is 1.68. The van der Waals surface area contributed by atoms with Crippen molar-refractivity contribution in [2.75, 3.05) is 13.1 Å². The highest BCUT2D eigenvalue weighted by Crippen LogP contribution is 2.17. The summed E-state index contributed by atoms with van der Waals surface area (Å²) in [6, 6.07) is 9.19. The van der Waals surface area contributed by atoms with Crippen LogP contribution in [-0.2, 0) is 4.79 Å². The third-order valence-corrected chi connectivity index (χ3v) is 3.64. The average molecular weight is 260 g/mol. The van der Waals surface area contributed by atoms with E-state index in [1.54, 1.807) is 0 Å². The molecule has 0 saturated carbocycles. The molecule has 1 aliphatic heterocycles. The molecule has 1 saturated heterocycles. The maximum absolute atomic E-state index is 11.9. The van der Waals surface area contributed by atoms with Gasteiger partial charge in [-0.25, -0.2) is 0 Å². The van der Waals surface area contributed by atoms with Crippen molar-refractivity contribution in [3.05, 3.63) is 35.9 Å². The summed E-state index contributed by atoms with van der Waals surface area (Å²) in [6.07, 6.45) is 3.16. The van der Waals surface area contributed by atoms with Crippen molar-refractivity contribution in [1.82, 2.24) is 4.90 Å². The van der Waals surface area contributed by atoms with E-state index in [-0.39, 0.29) is 17.7 Å². The van der Waals surface area contributed by atoms with Crippen LogP contribution in [0, 0.1) is 0 Å². The minimum atomic E-state index is -0.244. The molecule has 1 aliphatic rings.